The van der Waals surface area contributed by atoms with E-state index in [9.17, 15) is 0 Å². The molecule has 0 N–H and O–H groups in total. The highest BCUT2D eigenvalue weighted by Crippen LogP contribution is 2.27. The molecule has 2 aromatic rings. The van der Waals surface area contributed by atoms with Crippen LogP contribution >= 0.6 is 38.9 Å². The van der Waals surface area contributed by atoms with Gasteiger partial charge in [0.25, 0.3) is 0 Å². The summed E-state index contributed by atoms with van der Waals surface area (Å²) in [5.41, 5.74) is 1.97. The third kappa shape index (κ3) is 2.56. The fourth-order valence-electron chi connectivity index (χ4n) is 1.20. The maximum atomic E-state index is 5.93. The average Bonchev–Trinajstić information content (AvgIpc) is 2.64. The number of aromatic nitrogens is 2. The molecule has 5 heteroatoms. The third-order valence-electron chi connectivity index (χ3n) is 1.94. The molecule has 0 radical (unpaired) electrons. The summed E-state index contributed by atoms with van der Waals surface area (Å²) in [5.74, 6) is 0.696. The van der Waals surface area contributed by atoms with Crippen molar-refractivity contribution in [2.24, 2.45) is 0 Å². The first-order valence-corrected chi connectivity index (χ1v) is 6.52. The average molecular weight is 304 g/mol. The lowest BCUT2D eigenvalue weighted by molar-refractivity contribution is 1.01. The minimum absolute atomic E-state index is 0.499. The Balaban J connectivity index is 2.48. The number of rotatable bonds is 2. The summed E-state index contributed by atoms with van der Waals surface area (Å²) in [4.78, 5) is 8.63. The number of aryl methyl sites for hydroxylation is 1. The molecule has 0 aliphatic rings. The predicted octanol–water partition coefficient (Wildman–Crippen LogP) is 4.18. The van der Waals surface area contributed by atoms with E-state index < -0.39 is 0 Å². The molecule has 0 saturated carbocycles. The molecule has 2 rings (SSSR count). The fraction of sp³-hybridized carbons (Fsp3) is 0.200. The van der Waals surface area contributed by atoms with Crippen molar-refractivity contribution >= 4 is 38.9 Å². The maximum absolute atomic E-state index is 5.93. The number of hydrogen-bond donors (Lipinski definition) is 0. The number of thiophene rings is 1. The fourth-order valence-corrected chi connectivity index (χ4v) is 2.54. The summed E-state index contributed by atoms with van der Waals surface area (Å²) in [7, 11) is 0. The highest BCUT2D eigenvalue weighted by atomic mass is 79.9. The molecule has 0 spiro atoms. The molecule has 0 saturated heterocycles. The van der Waals surface area contributed by atoms with E-state index in [-0.39, 0.29) is 0 Å². The summed E-state index contributed by atoms with van der Waals surface area (Å²) in [6.45, 7) is 2.05. The van der Waals surface area contributed by atoms with Crippen molar-refractivity contribution in [1.29, 1.82) is 0 Å². The van der Waals surface area contributed by atoms with Crippen molar-refractivity contribution in [3.8, 4) is 11.4 Å². The van der Waals surface area contributed by atoms with E-state index in [0.717, 1.165) is 21.5 Å². The molecule has 0 fully saturated rings. The Morgan fingerprint density at radius 2 is 2.20 bits per heavy atom. The first-order chi connectivity index (χ1) is 7.19. The lowest BCUT2D eigenvalue weighted by atomic mass is 10.3. The van der Waals surface area contributed by atoms with Gasteiger partial charge in [-0.1, -0.05) is 18.5 Å². The van der Waals surface area contributed by atoms with Gasteiger partial charge in [0.15, 0.2) is 5.82 Å². The van der Waals surface area contributed by atoms with E-state index in [1.807, 2.05) is 18.4 Å². The minimum atomic E-state index is 0.499. The molecule has 0 unspecified atom stereocenters. The molecule has 2 heterocycles. The standard InChI is InChI=1S/C10H8BrClN2S/c1-2-7-4-9(12)14-10(13-7)6-3-8(11)15-5-6/h3-5H,2H2,1H3. The van der Waals surface area contributed by atoms with Crippen LogP contribution in [0.1, 0.15) is 12.6 Å². The molecule has 0 aliphatic carbocycles. The Kier molecular flexibility index (Phi) is 3.38. The topological polar surface area (TPSA) is 25.8 Å². The van der Waals surface area contributed by atoms with Gasteiger partial charge in [0, 0.05) is 16.6 Å². The zero-order chi connectivity index (χ0) is 10.8. The van der Waals surface area contributed by atoms with Crippen LogP contribution in [0.3, 0.4) is 0 Å². The molecular weight excluding hydrogens is 296 g/mol. The van der Waals surface area contributed by atoms with Gasteiger partial charge in [-0.25, -0.2) is 9.97 Å². The van der Waals surface area contributed by atoms with Crippen molar-refractivity contribution in [2.45, 2.75) is 13.3 Å². The van der Waals surface area contributed by atoms with Crippen molar-refractivity contribution in [2.75, 3.05) is 0 Å². The van der Waals surface area contributed by atoms with Gasteiger partial charge in [0.05, 0.1) is 3.79 Å². The zero-order valence-corrected chi connectivity index (χ0v) is 11.2. The number of halogens is 2. The Labute approximate surface area is 105 Å². The smallest absolute Gasteiger partial charge is 0.161 e. The zero-order valence-electron chi connectivity index (χ0n) is 8.00. The molecule has 2 aromatic heterocycles. The molecule has 15 heavy (non-hydrogen) atoms. The highest BCUT2D eigenvalue weighted by Gasteiger charge is 2.06. The van der Waals surface area contributed by atoms with Crippen LogP contribution < -0.4 is 0 Å². The first kappa shape index (κ1) is 11.0. The Morgan fingerprint density at radius 1 is 1.40 bits per heavy atom. The van der Waals surface area contributed by atoms with Crippen LogP contribution in [-0.4, -0.2) is 9.97 Å². The van der Waals surface area contributed by atoms with Crippen molar-refractivity contribution in [3.63, 3.8) is 0 Å². The quantitative estimate of drug-likeness (QED) is 0.778. The van der Waals surface area contributed by atoms with Gasteiger partial charge >= 0.3 is 0 Å². The lowest BCUT2D eigenvalue weighted by Crippen LogP contribution is -1.93. The Hall–Kier alpha value is -0.450. The SMILES string of the molecule is CCc1cc(Cl)nc(-c2csc(Br)c2)n1. The lowest BCUT2D eigenvalue weighted by Gasteiger charge is -2.00. The van der Waals surface area contributed by atoms with Gasteiger partial charge in [0.2, 0.25) is 0 Å². The second-order valence-corrected chi connectivity index (χ2v) is 5.68. The summed E-state index contributed by atoms with van der Waals surface area (Å²) < 4.78 is 1.07. The van der Waals surface area contributed by atoms with Gasteiger partial charge in [0.1, 0.15) is 5.15 Å². The second kappa shape index (κ2) is 4.60. The number of nitrogens with zero attached hydrogens (tertiary/aromatic N) is 2. The van der Waals surface area contributed by atoms with E-state index >= 15 is 0 Å². The molecule has 0 aliphatic heterocycles. The normalized spacial score (nSPS) is 10.6. The number of hydrogen-bond acceptors (Lipinski definition) is 3. The summed E-state index contributed by atoms with van der Waals surface area (Å²) >= 11 is 11.0. The molecule has 0 bridgehead atoms. The van der Waals surface area contributed by atoms with E-state index in [0.29, 0.717) is 11.0 Å². The van der Waals surface area contributed by atoms with Crippen LogP contribution in [0, 0.1) is 0 Å². The van der Waals surface area contributed by atoms with Crippen LogP contribution in [0.5, 0.6) is 0 Å². The second-order valence-electron chi connectivity index (χ2n) is 3.00. The van der Waals surface area contributed by atoms with Crippen LogP contribution in [-0.2, 0) is 6.42 Å². The largest absolute Gasteiger partial charge is 0.233 e. The summed E-state index contributed by atoms with van der Waals surface area (Å²) in [6, 6.07) is 3.79. The molecule has 0 atom stereocenters. The van der Waals surface area contributed by atoms with Crippen LogP contribution in [0.25, 0.3) is 11.4 Å². The molecule has 0 amide bonds. The van der Waals surface area contributed by atoms with Gasteiger partial charge in [-0.15, -0.1) is 11.3 Å². The van der Waals surface area contributed by atoms with Crippen molar-refractivity contribution < 1.29 is 0 Å². The molecular formula is C10H8BrClN2S. The summed E-state index contributed by atoms with van der Waals surface area (Å²) in [5, 5.41) is 2.51. The van der Waals surface area contributed by atoms with E-state index in [1.165, 1.54) is 0 Å². The molecule has 2 nitrogen and oxygen atoms in total. The van der Waals surface area contributed by atoms with E-state index in [2.05, 4.69) is 25.9 Å². The third-order valence-corrected chi connectivity index (χ3v) is 3.63. The summed E-state index contributed by atoms with van der Waals surface area (Å²) in [6.07, 6.45) is 0.862. The maximum Gasteiger partial charge on any atom is 0.161 e. The van der Waals surface area contributed by atoms with Gasteiger partial charge < -0.3 is 0 Å². The van der Waals surface area contributed by atoms with Gasteiger partial charge in [-0.05, 0) is 34.5 Å². The Bertz CT molecular complexity index is 484. The van der Waals surface area contributed by atoms with Gasteiger partial charge in [-0.3, -0.25) is 0 Å². The first-order valence-electron chi connectivity index (χ1n) is 4.47. The Morgan fingerprint density at radius 3 is 2.80 bits per heavy atom. The monoisotopic (exact) mass is 302 g/mol. The molecule has 0 aromatic carbocycles. The van der Waals surface area contributed by atoms with E-state index in [4.69, 9.17) is 11.6 Å². The van der Waals surface area contributed by atoms with Gasteiger partial charge in [-0.2, -0.15) is 0 Å². The van der Waals surface area contributed by atoms with Crippen LogP contribution in [0.15, 0.2) is 21.3 Å². The molecule has 78 valence electrons. The predicted molar refractivity (Wildman–Crippen MR) is 67.4 cm³/mol. The van der Waals surface area contributed by atoms with Crippen LogP contribution in [0.2, 0.25) is 5.15 Å². The van der Waals surface area contributed by atoms with Crippen LogP contribution in [0.4, 0.5) is 0 Å². The minimum Gasteiger partial charge on any atom is -0.233 e. The highest BCUT2D eigenvalue weighted by molar-refractivity contribution is 9.11. The van der Waals surface area contributed by atoms with Crippen molar-refractivity contribution in [3.05, 3.63) is 32.1 Å². The van der Waals surface area contributed by atoms with E-state index in [1.54, 1.807) is 17.4 Å². The van der Waals surface area contributed by atoms with Crippen molar-refractivity contribution in [1.82, 2.24) is 9.97 Å².